The van der Waals surface area contributed by atoms with E-state index in [9.17, 15) is 9.59 Å². The molecule has 0 saturated heterocycles. The third-order valence-electron chi connectivity index (χ3n) is 3.32. The summed E-state index contributed by atoms with van der Waals surface area (Å²) in [5, 5.41) is 0.839. The van der Waals surface area contributed by atoms with E-state index in [0.29, 0.717) is 11.9 Å². The molecule has 0 saturated carbocycles. The molecule has 0 aliphatic heterocycles. The van der Waals surface area contributed by atoms with Crippen molar-refractivity contribution in [2.75, 3.05) is 18.0 Å². The van der Waals surface area contributed by atoms with Gasteiger partial charge in [-0.15, -0.1) is 0 Å². The molecule has 5 heteroatoms. The molecule has 0 spiro atoms. The highest BCUT2D eigenvalue weighted by Gasteiger charge is 2.10. The van der Waals surface area contributed by atoms with Gasteiger partial charge < -0.3 is 9.32 Å². The largest absolute Gasteiger partial charge is 0.422 e. The minimum absolute atomic E-state index is 0.0773. The van der Waals surface area contributed by atoms with Gasteiger partial charge >= 0.3 is 5.63 Å². The van der Waals surface area contributed by atoms with Crippen molar-refractivity contribution in [2.45, 2.75) is 13.8 Å². The molecule has 2 rings (SSSR count). The van der Waals surface area contributed by atoms with Crippen molar-refractivity contribution in [2.24, 2.45) is 0 Å². The van der Waals surface area contributed by atoms with E-state index in [2.05, 4.69) is 18.7 Å². The Kier molecular flexibility index (Phi) is 4.81. The summed E-state index contributed by atoms with van der Waals surface area (Å²) in [7, 11) is 0. The molecule has 0 unspecified atom stereocenters. The maximum absolute atomic E-state index is 11.9. The summed E-state index contributed by atoms with van der Waals surface area (Å²) in [6, 6.07) is 7.32. The summed E-state index contributed by atoms with van der Waals surface area (Å²) in [4.78, 5) is 24.6. The van der Waals surface area contributed by atoms with Crippen molar-refractivity contribution in [3.8, 4) is 0 Å². The van der Waals surface area contributed by atoms with Crippen molar-refractivity contribution in [3.63, 3.8) is 0 Å². The van der Waals surface area contributed by atoms with Gasteiger partial charge in [-0.05, 0) is 38.1 Å². The first-order valence-corrected chi connectivity index (χ1v) is 7.12. The lowest BCUT2D eigenvalue weighted by atomic mass is 10.1. The van der Waals surface area contributed by atoms with Gasteiger partial charge in [0.25, 0.3) is 0 Å². The first kappa shape index (κ1) is 15.3. The van der Waals surface area contributed by atoms with E-state index in [4.69, 9.17) is 16.0 Å². The number of aldehydes is 1. The number of anilines is 1. The second-order valence-corrected chi connectivity index (χ2v) is 4.90. The number of nitrogens with zero attached hydrogens (tertiary/aromatic N) is 1. The normalized spacial score (nSPS) is 11.7. The highest BCUT2D eigenvalue weighted by Crippen LogP contribution is 2.24. The molecular formula is C16H16ClNO3. The van der Waals surface area contributed by atoms with Crippen LogP contribution in [-0.2, 0) is 4.79 Å². The number of carbonyl (C=O) groups excluding carboxylic acids is 1. The number of rotatable bonds is 5. The van der Waals surface area contributed by atoms with Crippen LogP contribution in [0.2, 0.25) is 0 Å². The molecule has 0 radical (unpaired) electrons. The fraction of sp³-hybridized carbons (Fsp3) is 0.250. The molecule has 21 heavy (non-hydrogen) atoms. The van der Waals surface area contributed by atoms with Gasteiger partial charge in [-0.25, -0.2) is 4.79 Å². The highest BCUT2D eigenvalue weighted by molar-refractivity contribution is 6.49. The van der Waals surface area contributed by atoms with Crippen LogP contribution in [0.1, 0.15) is 19.4 Å². The molecule has 1 heterocycles. The number of halogens is 1. The Morgan fingerprint density at radius 2 is 2.00 bits per heavy atom. The standard InChI is InChI=1S/C16H16ClNO3/c1-3-18(4-2)12-6-5-11-9-13(14(17)7-8-19)16(20)21-15(11)10-12/h5-10H,3-4H2,1-2H3/b14-7-. The topological polar surface area (TPSA) is 50.5 Å². The van der Waals surface area contributed by atoms with Crippen molar-refractivity contribution < 1.29 is 9.21 Å². The predicted octanol–water partition coefficient (Wildman–Crippen LogP) is 3.42. The molecule has 0 bridgehead atoms. The lowest BCUT2D eigenvalue weighted by Crippen LogP contribution is -2.21. The zero-order chi connectivity index (χ0) is 15.4. The molecule has 0 N–H and O–H groups in total. The molecule has 0 aliphatic rings. The maximum atomic E-state index is 11.9. The van der Waals surface area contributed by atoms with Crippen LogP contribution in [0.25, 0.3) is 16.0 Å². The second kappa shape index (κ2) is 6.59. The number of hydrogen-bond donors (Lipinski definition) is 0. The van der Waals surface area contributed by atoms with E-state index < -0.39 is 5.63 Å². The van der Waals surface area contributed by atoms with Crippen molar-refractivity contribution >= 4 is 39.6 Å². The molecule has 4 nitrogen and oxygen atoms in total. The summed E-state index contributed by atoms with van der Waals surface area (Å²) in [6.07, 6.45) is 1.67. The van der Waals surface area contributed by atoms with E-state index in [-0.39, 0.29) is 10.6 Å². The molecule has 2 aromatic rings. The number of carbonyl (C=O) groups is 1. The van der Waals surface area contributed by atoms with Gasteiger partial charge in [-0.1, -0.05) is 11.6 Å². The third-order valence-corrected chi connectivity index (χ3v) is 3.65. The van der Waals surface area contributed by atoms with E-state index in [0.717, 1.165) is 30.2 Å². The van der Waals surface area contributed by atoms with Crippen LogP contribution in [0.5, 0.6) is 0 Å². The summed E-state index contributed by atoms with van der Waals surface area (Å²) >= 11 is 5.90. The Labute approximate surface area is 127 Å². The first-order chi connectivity index (χ1) is 10.1. The summed E-state index contributed by atoms with van der Waals surface area (Å²) in [5.74, 6) is 0. The Morgan fingerprint density at radius 1 is 1.29 bits per heavy atom. The summed E-state index contributed by atoms with van der Waals surface area (Å²) < 4.78 is 5.32. The van der Waals surface area contributed by atoms with Crippen molar-refractivity contribution in [3.05, 3.63) is 46.3 Å². The van der Waals surface area contributed by atoms with Crippen molar-refractivity contribution in [1.29, 1.82) is 0 Å². The number of fused-ring (bicyclic) bond motifs is 1. The van der Waals surface area contributed by atoms with Crippen molar-refractivity contribution in [1.82, 2.24) is 0 Å². The Bertz CT molecular complexity index is 745. The fourth-order valence-corrected chi connectivity index (χ4v) is 2.38. The number of benzene rings is 1. The van der Waals surface area contributed by atoms with Crippen LogP contribution in [-0.4, -0.2) is 19.4 Å². The average molecular weight is 306 g/mol. The molecule has 0 amide bonds. The van der Waals surface area contributed by atoms with E-state index >= 15 is 0 Å². The van der Waals surface area contributed by atoms with Gasteiger partial charge in [0.2, 0.25) is 0 Å². The average Bonchev–Trinajstić information content (AvgIpc) is 2.48. The Hall–Kier alpha value is -2.07. The van der Waals surface area contributed by atoms with Crippen LogP contribution in [0.15, 0.2) is 39.6 Å². The predicted molar refractivity (Wildman–Crippen MR) is 85.9 cm³/mol. The Balaban J connectivity index is 2.57. The molecular weight excluding hydrogens is 290 g/mol. The van der Waals surface area contributed by atoms with Crippen LogP contribution >= 0.6 is 11.6 Å². The zero-order valence-electron chi connectivity index (χ0n) is 11.9. The highest BCUT2D eigenvalue weighted by atomic mass is 35.5. The summed E-state index contributed by atoms with van der Waals surface area (Å²) in [5.41, 5.74) is 1.14. The van der Waals surface area contributed by atoms with Gasteiger partial charge in [0.1, 0.15) is 11.9 Å². The quantitative estimate of drug-likeness (QED) is 0.482. The molecule has 0 fully saturated rings. The number of allylic oxidation sites excluding steroid dienone is 1. The lowest BCUT2D eigenvalue weighted by Gasteiger charge is -2.21. The minimum atomic E-state index is -0.553. The van der Waals surface area contributed by atoms with Crippen LogP contribution in [0.4, 0.5) is 5.69 Å². The smallest absolute Gasteiger partial charge is 0.345 e. The Morgan fingerprint density at radius 3 is 2.62 bits per heavy atom. The first-order valence-electron chi connectivity index (χ1n) is 6.74. The van der Waals surface area contributed by atoms with Crippen LogP contribution in [0.3, 0.4) is 0 Å². The van der Waals surface area contributed by atoms with E-state index in [1.54, 1.807) is 6.07 Å². The zero-order valence-corrected chi connectivity index (χ0v) is 12.7. The van der Waals surface area contributed by atoms with Gasteiger partial charge in [-0.3, -0.25) is 4.79 Å². The second-order valence-electron chi connectivity index (χ2n) is 4.49. The third kappa shape index (κ3) is 3.16. The lowest BCUT2D eigenvalue weighted by molar-refractivity contribution is -0.104. The van der Waals surface area contributed by atoms with E-state index in [1.807, 2.05) is 18.2 Å². The molecule has 110 valence electrons. The van der Waals surface area contributed by atoms with Gasteiger partial charge in [-0.2, -0.15) is 0 Å². The molecule has 1 aromatic carbocycles. The maximum Gasteiger partial charge on any atom is 0.345 e. The number of hydrogen-bond acceptors (Lipinski definition) is 4. The summed E-state index contributed by atoms with van der Waals surface area (Å²) in [6.45, 7) is 5.88. The van der Waals surface area contributed by atoms with Crippen LogP contribution in [0, 0.1) is 0 Å². The van der Waals surface area contributed by atoms with Gasteiger partial charge in [0, 0.05) is 30.2 Å². The molecule has 0 aliphatic carbocycles. The van der Waals surface area contributed by atoms with Gasteiger partial charge in [0.05, 0.1) is 10.6 Å². The minimum Gasteiger partial charge on any atom is -0.422 e. The fourth-order valence-electron chi connectivity index (χ4n) is 2.20. The van der Waals surface area contributed by atoms with Crippen LogP contribution < -0.4 is 10.5 Å². The monoisotopic (exact) mass is 305 g/mol. The van der Waals surface area contributed by atoms with Gasteiger partial charge in [0.15, 0.2) is 0 Å². The molecule has 1 aromatic heterocycles. The molecule has 0 atom stereocenters. The SMILES string of the molecule is CCN(CC)c1ccc2cc(/C(Cl)=C/C=O)c(=O)oc2c1. The van der Waals surface area contributed by atoms with E-state index in [1.165, 1.54) is 0 Å².